The highest BCUT2D eigenvalue weighted by Gasteiger charge is 2.19. The number of hydrogen-bond acceptors (Lipinski definition) is 4. The van der Waals surface area contributed by atoms with E-state index in [1.165, 1.54) is 12.1 Å². The third-order valence-electron chi connectivity index (χ3n) is 6.00. The number of carbonyl (C=O) groups excluding carboxylic acids is 1. The van der Waals surface area contributed by atoms with Crippen molar-refractivity contribution in [3.05, 3.63) is 87.4 Å². The molecule has 0 bridgehead atoms. The van der Waals surface area contributed by atoms with E-state index < -0.39 is 11.6 Å². The van der Waals surface area contributed by atoms with Crippen LogP contribution in [0.1, 0.15) is 34.3 Å². The van der Waals surface area contributed by atoms with Gasteiger partial charge >= 0.3 is 0 Å². The Labute approximate surface area is 209 Å². The van der Waals surface area contributed by atoms with Crippen LogP contribution in [-0.2, 0) is 11.2 Å². The zero-order valence-corrected chi connectivity index (χ0v) is 20.3. The van der Waals surface area contributed by atoms with Gasteiger partial charge in [0.15, 0.2) is 5.82 Å². The van der Waals surface area contributed by atoms with Gasteiger partial charge in [-0.3, -0.25) is 9.89 Å². The average Bonchev–Trinajstić information content (AvgIpc) is 3.21. The summed E-state index contributed by atoms with van der Waals surface area (Å²) < 4.78 is 33.5. The van der Waals surface area contributed by atoms with Crippen molar-refractivity contribution in [1.29, 1.82) is 0 Å². The second-order valence-electron chi connectivity index (χ2n) is 8.58. The molecule has 0 atom stereocenters. The summed E-state index contributed by atoms with van der Waals surface area (Å²) in [6, 6.07) is 14.7. The number of carbonyl (C=O) groups is 1. The van der Waals surface area contributed by atoms with Gasteiger partial charge in [0, 0.05) is 40.9 Å². The van der Waals surface area contributed by atoms with Gasteiger partial charge in [-0.15, -0.1) is 0 Å². The number of hydrogen-bond donors (Lipinski definition) is 3. The smallest absolute Gasteiger partial charge is 0.258 e. The molecule has 5 rings (SSSR count). The van der Waals surface area contributed by atoms with E-state index in [1.54, 1.807) is 6.07 Å². The predicted octanol–water partition coefficient (Wildman–Crippen LogP) is 6.04. The van der Waals surface area contributed by atoms with E-state index in [0.717, 1.165) is 40.1 Å². The quantitative estimate of drug-likeness (QED) is 0.278. The molecule has 35 heavy (non-hydrogen) atoms. The highest BCUT2D eigenvalue weighted by molar-refractivity contribution is 9.10. The molecule has 1 aliphatic rings. The largest absolute Gasteiger partial charge is 0.381 e. The molecule has 1 aliphatic heterocycles. The first-order valence-electron chi connectivity index (χ1n) is 11.3. The van der Waals surface area contributed by atoms with E-state index in [-0.39, 0.29) is 11.9 Å². The van der Waals surface area contributed by atoms with Gasteiger partial charge in [0.25, 0.3) is 5.91 Å². The normalized spacial score (nSPS) is 14.3. The highest BCUT2D eigenvalue weighted by Crippen LogP contribution is 2.27. The molecule has 6 nitrogen and oxygen atoms in total. The van der Waals surface area contributed by atoms with Crippen LogP contribution in [0.25, 0.3) is 10.9 Å². The number of rotatable bonds is 6. The molecule has 3 N–H and O–H groups in total. The molecule has 3 aromatic carbocycles. The minimum Gasteiger partial charge on any atom is -0.381 e. The fourth-order valence-corrected chi connectivity index (χ4v) is 4.65. The predicted molar refractivity (Wildman–Crippen MR) is 135 cm³/mol. The van der Waals surface area contributed by atoms with Crippen molar-refractivity contribution in [2.45, 2.75) is 25.3 Å². The van der Waals surface area contributed by atoms with Gasteiger partial charge in [-0.2, -0.15) is 5.10 Å². The van der Waals surface area contributed by atoms with Crippen LogP contribution in [0.5, 0.6) is 0 Å². The molecule has 1 saturated heterocycles. The number of halogens is 3. The van der Waals surface area contributed by atoms with Crippen molar-refractivity contribution < 1.29 is 18.3 Å². The van der Waals surface area contributed by atoms with E-state index in [1.807, 2.05) is 30.3 Å². The van der Waals surface area contributed by atoms with E-state index in [9.17, 15) is 13.6 Å². The van der Waals surface area contributed by atoms with Gasteiger partial charge in [-0.1, -0.05) is 22.0 Å². The Bertz CT molecular complexity index is 1370. The highest BCUT2D eigenvalue weighted by atomic mass is 79.9. The Balaban J connectivity index is 1.38. The molecule has 0 spiro atoms. The Kier molecular flexibility index (Phi) is 6.79. The third-order valence-corrected chi connectivity index (χ3v) is 6.49. The summed E-state index contributed by atoms with van der Waals surface area (Å²) in [6.45, 7) is 1.38. The van der Waals surface area contributed by atoms with Crippen molar-refractivity contribution in [2.24, 2.45) is 0 Å². The van der Waals surface area contributed by atoms with Crippen LogP contribution in [0.2, 0.25) is 0 Å². The molecule has 4 aromatic rings. The maximum Gasteiger partial charge on any atom is 0.258 e. The number of aromatic amines is 1. The lowest BCUT2D eigenvalue weighted by Gasteiger charge is -2.25. The second kappa shape index (κ2) is 10.1. The van der Waals surface area contributed by atoms with E-state index in [2.05, 4.69) is 36.8 Å². The summed E-state index contributed by atoms with van der Waals surface area (Å²) in [5.74, 6) is -1.13. The molecular weight excluding hydrogens is 518 g/mol. The van der Waals surface area contributed by atoms with Crippen LogP contribution in [0.15, 0.2) is 59.1 Å². The molecule has 1 amide bonds. The SMILES string of the molecule is O=C(Nc1n[nH]c2ccc(Cc3cc(F)cc(F)c3)cc12)c1ccc(Br)cc1NC1CCOCC1. The first-order valence-corrected chi connectivity index (χ1v) is 12.1. The summed E-state index contributed by atoms with van der Waals surface area (Å²) in [4.78, 5) is 13.3. The van der Waals surface area contributed by atoms with Crippen molar-refractivity contribution in [3.63, 3.8) is 0 Å². The summed E-state index contributed by atoms with van der Waals surface area (Å²) in [7, 11) is 0. The van der Waals surface area contributed by atoms with Crippen LogP contribution >= 0.6 is 15.9 Å². The lowest BCUT2D eigenvalue weighted by Crippen LogP contribution is -2.29. The molecule has 0 radical (unpaired) electrons. The molecule has 0 unspecified atom stereocenters. The summed E-state index contributed by atoms with van der Waals surface area (Å²) in [5.41, 5.74) is 3.34. The van der Waals surface area contributed by atoms with Crippen molar-refractivity contribution in [3.8, 4) is 0 Å². The molecule has 1 aromatic heterocycles. The summed E-state index contributed by atoms with van der Waals surface area (Å²) in [6.07, 6.45) is 2.08. The van der Waals surface area contributed by atoms with Gasteiger partial charge < -0.3 is 15.4 Å². The second-order valence-corrected chi connectivity index (χ2v) is 9.50. The van der Waals surface area contributed by atoms with Crippen LogP contribution in [0.4, 0.5) is 20.3 Å². The Morgan fingerprint density at radius 2 is 1.80 bits per heavy atom. The summed E-state index contributed by atoms with van der Waals surface area (Å²) >= 11 is 3.49. The van der Waals surface area contributed by atoms with E-state index in [4.69, 9.17) is 4.74 Å². The number of amides is 1. The van der Waals surface area contributed by atoms with E-state index >= 15 is 0 Å². The van der Waals surface area contributed by atoms with Crippen LogP contribution in [0, 0.1) is 11.6 Å². The number of aromatic nitrogens is 2. The Morgan fingerprint density at radius 3 is 2.57 bits per heavy atom. The molecule has 1 fully saturated rings. The molecular formula is C26H23BrF2N4O2. The first kappa shape index (κ1) is 23.4. The van der Waals surface area contributed by atoms with Crippen molar-refractivity contribution in [1.82, 2.24) is 10.2 Å². The van der Waals surface area contributed by atoms with Crippen LogP contribution < -0.4 is 10.6 Å². The van der Waals surface area contributed by atoms with Crippen molar-refractivity contribution in [2.75, 3.05) is 23.8 Å². The lowest BCUT2D eigenvalue weighted by molar-refractivity contribution is 0.0904. The number of benzene rings is 3. The zero-order chi connectivity index (χ0) is 24.4. The third kappa shape index (κ3) is 5.52. The number of nitrogens with one attached hydrogen (secondary N) is 3. The molecule has 9 heteroatoms. The number of fused-ring (bicyclic) bond motifs is 1. The van der Waals surface area contributed by atoms with Gasteiger partial charge in [0.2, 0.25) is 0 Å². The van der Waals surface area contributed by atoms with E-state index in [0.29, 0.717) is 42.0 Å². The Hall–Kier alpha value is -3.30. The summed E-state index contributed by atoms with van der Waals surface area (Å²) in [5, 5.41) is 14.3. The number of anilines is 2. The molecule has 2 heterocycles. The topological polar surface area (TPSA) is 79.0 Å². The number of H-pyrrole nitrogens is 1. The average molecular weight is 541 g/mol. The van der Waals surface area contributed by atoms with Crippen LogP contribution in [-0.4, -0.2) is 35.4 Å². The molecule has 0 aliphatic carbocycles. The first-order chi connectivity index (χ1) is 16.9. The van der Waals surface area contributed by atoms with Gasteiger partial charge in [0.05, 0.1) is 11.1 Å². The lowest BCUT2D eigenvalue weighted by atomic mass is 10.0. The molecule has 0 saturated carbocycles. The zero-order valence-electron chi connectivity index (χ0n) is 18.7. The van der Waals surface area contributed by atoms with Gasteiger partial charge in [0.1, 0.15) is 11.6 Å². The minimum absolute atomic E-state index is 0.228. The minimum atomic E-state index is -0.614. The maximum absolute atomic E-state index is 13.6. The van der Waals surface area contributed by atoms with Gasteiger partial charge in [-0.25, -0.2) is 8.78 Å². The Morgan fingerprint density at radius 1 is 1.03 bits per heavy atom. The molecule has 180 valence electrons. The fraction of sp³-hybridized carbons (Fsp3) is 0.231. The van der Waals surface area contributed by atoms with Crippen molar-refractivity contribution >= 4 is 44.2 Å². The monoisotopic (exact) mass is 540 g/mol. The number of nitrogens with zero attached hydrogens (tertiary/aromatic N) is 1. The fourth-order valence-electron chi connectivity index (χ4n) is 4.29. The van der Waals surface area contributed by atoms with Gasteiger partial charge in [-0.05, 0) is 72.9 Å². The number of ether oxygens (including phenoxy) is 1. The maximum atomic E-state index is 13.6. The van der Waals surface area contributed by atoms with Crippen LogP contribution in [0.3, 0.4) is 0 Å². The standard InChI is InChI=1S/C26H23BrF2N4O2/c27-17-2-3-21(24(13-17)30-20-5-7-35-8-6-20)26(34)31-25-22-12-15(1-4-23(22)32-33-25)9-16-10-18(28)14-19(29)11-16/h1-4,10-14,20,30H,5-9H2,(H2,31,32,33,34).